The van der Waals surface area contributed by atoms with Gasteiger partial charge in [-0.2, -0.15) is 11.8 Å². The fraction of sp³-hybridized carbons (Fsp3) is 0.462. The molecule has 0 atom stereocenters. The first-order valence-electron chi connectivity index (χ1n) is 5.84. The van der Waals surface area contributed by atoms with E-state index in [0.717, 1.165) is 11.3 Å². The molecule has 19 heavy (non-hydrogen) atoms. The van der Waals surface area contributed by atoms with E-state index < -0.39 is 31.3 Å². The van der Waals surface area contributed by atoms with Crippen LogP contribution in [-0.2, 0) is 5.75 Å². The lowest BCUT2D eigenvalue weighted by Crippen LogP contribution is -2.57. The second kappa shape index (κ2) is 7.49. The first-order chi connectivity index (χ1) is 9.10. The lowest BCUT2D eigenvalue weighted by molar-refractivity contribution is 0.0375. The lowest BCUT2D eigenvalue weighted by atomic mass is 10.0. The van der Waals surface area contributed by atoms with E-state index in [1.807, 2.05) is 18.4 Å². The van der Waals surface area contributed by atoms with Crippen LogP contribution < -0.4 is 5.32 Å². The molecule has 0 aliphatic carbocycles. The van der Waals surface area contributed by atoms with Gasteiger partial charge in [-0.05, 0) is 24.0 Å². The topological polar surface area (TPSA) is 89.8 Å². The zero-order valence-corrected chi connectivity index (χ0v) is 11.6. The van der Waals surface area contributed by atoms with Crippen molar-refractivity contribution in [3.8, 4) is 0 Å². The van der Waals surface area contributed by atoms with Gasteiger partial charge in [-0.1, -0.05) is 12.1 Å². The monoisotopic (exact) mass is 285 g/mol. The van der Waals surface area contributed by atoms with E-state index in [-0.39, 0.29) is 0 Å². The first kappa shape index (κ1) is 16.0. The molecular formula is C13H19NO4S. The van der Waals surface area contributed by atoms with Crippen molar-refractivity contribution in [3.05, 3.63) is 35.4 Å². The summed E-state index contributed by atoms with van der Waals surface area (Å²) in [5, 5.41) is 29.9. The van der Waals surface area contributed by atoms with Crippen LogP contribution in [0.25, 0.3) is 0 Å². The van der Waals surface area contributed by atoms with Crippen molar-refractivity contribution in [2.24, 2.45) is 0 Å². The predicted octanol–water partition coefficient (Wildman–Crippen LogP) is -0.00490. The highest BCUT2D eigenvalue weighted by Gasteiger charge is 2.30. The van der Waals surface area contributed by atoms with Gasteiger partial charge in [0.15, 0.2) is 0 Å². The molecule has 0 fully saturated rings. The molecule has 5 nitrogen and oxygen atoms in total. The second-order valence-electron chi connectivity index (χ2n) is 4.34. The molecule has 0 aliphatic rings. The number of aliphatic hydroxyl groups is 3. The van der Waals surface area contributed by atoms with E-state index >= 15 is 0 Å². The van der Waals surface area contributed by atoms with Gasteiger partial charge in [0, 0.05) is 11.3 Å². The maximum Gasteiger partial charge on any atom is 0.251 e. The van der Waals surface area contributed by atoms with Gasteiger partial charge < -0.3 is 20.6 Å². The van der Waals surface area contributed by atoms with Crippen molar-refractivity contribution in [2.75, 3.05) is 26.1 Å². The highest BCUT2D eigenvalue weighted by molar-refractivity contribution is 7.97. The van der Waals surface area contributed by atoms with Crippen molar-refractivity contribution in [1.29, 1.82) is 0 Å². The van der Waals surface area contributed by atoms with Crippen LogP contribution >= 0.6 is 11.8 Å². The van der Waals surface area contributed by atoms with E-state index in [0.29, 0.717) is 5.56 Å². The van der Waals surface area contributed by atoms with E-state index in [1.165, 1.54) is 0 Å². The van der Waals surface area contributed by atoms with Crippen LogP contribution in [0.3, 0.4) is 0 Å². The fourth-order valence-corrected chi connectivity index (χ4v) is 2.03. The number of amides is 1. The average Bonchev–Trinajstić information content (AvgIpc) is 2.46. The minimum atomic E-state index is -1.39. The van der Waals surface area contributed by atoms with Crippen LogP contribution in [0.15, 0.2) is 24.3 Å². The molecule has 0 radical (unpaired) electrons. The summed E-state index contributed by atoms with van der Waals surface area (Å²) in [5.41, 5.74) is 0.140. The average molecular weight is 285 g/mol. The molecule has 1 aromatic carbocycles. The van der Waals surface area contributed by atoms with Crippen LogP contribution in [0.4, 0.5) is 0 Å². The molecule has 0 saturated heterocycles. The van der Waals surface area contributed by atoms with Crippen LogP contribution in [0.2, 0.25) is 0 Å². The van der Waals surface area contributed by atoms with Gasteiger partial charge in [0.1, 0.15) is 5.54 Å². The number of benzene rings is 1. The Balaban J connectivity index is 2.77. The summed E-state index contributed by atoms with van der Waals surface area (Å²) in [4.78, 5) is 12.0. The van der Waals surface area contributed by atoms with Crippen molar-refractivity contribution >= 4 is 17.7 Å². The Kier molecular flexibility index (Phi) is 6.30. The number of hydrogen-bond acceptors (Lipinski definition) is 5. The van der Waals surface area contributed by atoms with Crippen molar-refractivity contribution < 1.29 is 20.1 Å². The van der Waals surface area contributed by atoms with Gasteiger partial charge in [-0.25, -0.2) is 0 Å². The minimum Gasteiger partial charge on any atom is -0.394 e. The van der Waals surface area contributed by atoms with Gasteiger partial charge in [-0.15, -0.1) is 0 Å². The van der Waals surface area contributed by atoms with Crippen LogP contribution in [0.1, 0.15) is 15.9 Å². The largest absolute Gasteiger partial charge is 0.394 e. The van der Waals surface area contributed by atoms with Gasteiger partial charge in [0.05, 0.1) is 19.8 Å². The Morgan fingerprint density at radius 1 is 1.16 bits per heavy atom. The molecule has 6 heteroatoms. The van der Waals surface area contributed by atoms with E-state index in [1.54, 1.807) is 23.9 Å². The molecule has 0 bridgehead atoms. The summed E-state index contributed by atoms with van der Waals surface area (Å²) >= 11 is 1.69. The molecule has 0 spiro atoms. The lowest BCUT2D eigenvalue weighted by Gasteiger charge is -2.28. The Bertz CT molecular complexity index is 395. The third-order valence-electron chi connectivity index (χ3n) is 2.81. The fourth-order valence-electron chi connectivity index (χ4n) is 1.50. The molecule has 106 valence electrons. The number of rotatable bonds is 7. The quantitative estimate of drug-likeness (QED) is 0.566. The van der Waals surface area contributed by atoms with Gasteiger partial charge in [-0.3, -0.25) is 4.79 Å². The van der Waals surface area contributed by atoms with Crippen molar-refractivity contribution in [2.45, 2.75) is 11.3 Å². The normalized spacial score (nSPS) is 11.4. The molecule has 0 saturated carbocycles. The molecule has 0 aromatic heterocycles. The highest BCUT2D eigenvalue weighted by Crippen LogP contribution is 2.11. The molecule has 4 N–H and O–H groups in total. The molecule has 0 unspecified atom stereocenters. The van der Waals surface area contributed by atoms with Crippen LogP contribution in [-0.4, -0.2) is 52.8 Å². The van der Waals surface area contributed by atoms with Gasteiger partial charge >= 0.3 is 0 Å². The number of thioether (sulfide) groups is 1. The summed E-state index contributed by atoms with van der Waals surface area (Å²) in [6.45, 7) is -1.59. The third kappa shape index (κ3) is 4.21. The Hall–Kier alpha value is -1.08. The Morgan fingerprint density at radius 2 is 1.68 bits per heavy atom. The van der Waals surface area contributed by atoms with Gasteiger partial charge in [0.25, 0.3) is 5.91 Å². The van der Waals surface area contributed by atoms with E-state index in [9.17, 15) is 4.79 Å². The van der Waals surface area contributed by atoms with Gasteiger partial charge in [0.2, 0.25) is 0 Å². The summed E-state index contributed by atoms with van der Waals surface area (Å²) < 4.78 is 0. The molecule has 0 heterocycles. The predicted molar refractivity (Wildman–Crippen MR) is 75.1 cm³/mol. The van der Waals surface area contributed by atoms with Crippen LogP contribution in [0, 0.1) is 0 Å². The zero-order chi connectivity index (χ0) is 14.3. The Labute approximate surface area is 116 Å². The van der Waals surface area contributed by atoms with Crippen molar-refractivity contribution in [3.63, 3.8) is 0 Å². The highest BCUT2D eigenvalue weighted by atomic mass is 32.2. The summed E-state index contributed by atoms with van der Waals surface area (Å²) in [6.07, 6.45) is 2.00. The maximum atomic E-state index is 12.0. The molecular weight excluding hydrogens is 266 g/mol. The number of aliphatic hydroxyl groups excluding tert-OH is 3. The minimum absolute atomic E-state index is 0.421. The zero-order valence-electron chi connectivity index (χ0n) is 10.8. The summed E-state index contributed by atoms with van der Waals surface area (Å²) in [5.74, 6) is 0.434. The number of carbonyl (C=O) groups is 1. The molecule has 1 rings (SSSR count). The smallest absolute Gasteiger partial charge is 0.251 e. The number of hydrogen-bond donors (Lipinski definition) is 4. The maximum absolute atomic E-state index is 12.0. The second-order valence-corrected chi connectivity index (χ2v) is 5.20. The summed E-state index contributed by atoms with van der Waals surface area (Å²) in [7, 11) is 0. The number of carbonyl (C=O) groups excluding carboxylic acids is 1. The standard InChI is InChI=1S/C13H19NO4S/c1-19-6-10-2-4-11(5-3-10)12(18)14-13(7-15,8-16)9-17/h2-5,15-17H,6-9H2,1H3,(H,14,18). The first-order valence-corrected chi connectivity index (χ1v) is 7.23. The number of nitrogens with one attached hydrogen (secondary N) is 1. The molecule has 1 aromatic rings. The molecule has 1 amide bonds. The van der Waals surface area contributed by atoms with E-state index in [2.05, 4.69) is 5.32 Å². The SMILES string of the molecule is CSCc1ccc(C(=O)NC(CO)(CO)CO)cc1. The van der Waals surface area contributed by atoms with Crippen LogP contribution in [0.5, 0.6) is 0 Å². The summed E-state index contributed by atoms with van der Waals surface area (Å²) in [6, 6.07) is 7.06. The van der Waals surface area contributed by atoms with Crippen molar-refractivity contribution in [1.82, 2.24) is 5.32 Å². The molecule has 0 aliphatic heterocycles. The third-order valence-corrected chi connectivity index (χ3v) is 3.44. The Morgan fingerprint density at radius 3 is 2.11 bits per heavy atom. The van der Waals surface area contributed by atoms with E-state index in [4.69, 9.17) is 15.3 Å².